The number of nitrogens with zero attached hydrogens (tertiary/aromatic N) is 3. The van der Waals surface area contributed by atoms with Crippen LogP contribution in [0.15, 0.2) is 53.4 Å². The molecule has 2 aliphatic rings. The standard InChI is InChI=1S/C24H28ClN3O4S/c25-22-8-4-3-7-21(22)24(30)27-17-15-26(16-18-27)23(29)19-9-11-20(12-10-19)33(31,32)28-13-5-1-2-6-14-28/h3-4,7-12H,1-2,5-6,13-18H2. The number of halogens is 1. The normalized spacial score (nSPS) is 18.1. The smallest absolute Gasteiger partial charge is 0.255 e. The van der Waals surface area contributed by atoms with Crippen molar-refractivity contribution in [3.63, 3.8) is 0 Å². The predicted octanol–water partition coefficient (Wildman–Crippen LogP) is 3.50. The van der Waals surface area contributed by atoms with Gasteiger partial charge in [0.1, 0.15) is 0 Å². The van der Waals surface area contributed by atoms with Crippen LogP contribution in [0.25, 0.3) is 0 Å². The zero-order valence-electron chi connectivity index (χ0n) is 18.5. The lowest BCUT2D eigenvalue weighted by Gasteiger charge is -2.35. The van der Waals surface area contributed by atoms with Crippen LogP contribution in [-0.2, 0) is 10.0 Å². The van der Waals surface area contributed by atoms with E-state index in [1.165, 1.54) is 12.1 Å². The minimum atomic E-state index is -3.55. The molecule has 0 N–H and O–H groups in total. The van der Waals surface area contributed by atoms with Crippen LogP contribution >= 0.6 is 11.6 Å². The number of sulfonamides is 1. The summed E-state index contributed by atoms with van der Waals surface area (Å²) in [5.74, 6) is -0.311. The minimum Gasteiger partial charge on any atom is -0.335 e. The number of hydrogen-bond donors (Lipinski definition) is 0. The van der Waals surface area contributed by atoms with Crippen molar-refractivity contribution in [3.05, 3.63) is 64.7 Å². The van der Waals surface area contributed by atoms with Gasteiger partial charge in [-0.1, -0.05) is 36.6 Å². The quantitative estimate of drug-likeness (QED) is 0.658. The average Bonchev–Trinajstić information content (AvgIpc) is 3.14. The lowest BCUT2D eigenvalue weighted by molar-refractivity contribution is 0.0535. The average molecular weight is 490 g/mol. The van der Waals surface area contributed by atoms with E-state index in [1.54, 1.807) is 50.5 Å². The third kappa shape index (κ3) is 5.23. The predicted molar refractivity (Wildman–Crippen MR) is 127 cm³/mol. The second-order valence-corrected chi connectivity index (χ2v) is 10.8. The third-order valence-electron chi connectivity index (χ3n) is 6.26. The summed E-state index contributed by atoms with van der Waals surface area (Å²) in [5.41, 5.74) is 0.899. The van der Waals surface area contributed by atoms with Crippen molar-refractivity contribution in [3.8, 4) is 0 Å². The highest BCUT2D eigenvalue weighted by Gasteiger charge is 2.28. The molecule has 2 saturated heterocycles. The van der Waals surface area contributed by atoms with Gasteiger partial charge in [0.15, 0.2) is 0 Å². The molecular weight excluding hydrogens is 462 g/mol. The van der Waals surface area contributed by atoms with Gasteiger partial charge in [-0.15, -0.1) is 0 Å². The molecule has 0 spiro atoms. The lowest BCUT2D eigenvalue weighted by atomic mass is 10.1. The molecule has 4 rings (SSSR count). The van der Waals surface area contributed by atoms with E-state index >= 15 is 0 Å². The largest absolute Gasteiger partial charge is 0.335 e. The first-order chi connectivity index (χ1) is 15.9. The summed E-state index contributed by atoms with van der Waals surface area (Å²) in [4.78, 5) is 29.3. The number of carbonyl (C=O) groups is 2. The Hall–Kier alpha value is -2.42. The summed E-state index contributed by atoms with van der Waals surface area (Å²) < 4.78 is 27.4. The van der Waals surface area contributed by atoms with E-state index in [4.69, 9.17) is 11.6 Å². The molecule has 7 nitrogen and oxygen atoms in total. The Kier molecular flexibility index (Phi) is 7.36. The Morgan fingerprint density at radius 3 is 1.82 bits per heavy atom. The van der Waals surface area contributed by atoms with Crippen molar-refractivity contribution >= 4 is 33.4 Å². The zero-order chi connectivity index (χ0) is 23.4. The van der Waals surface area contributed by atoms with Gasteiger partial charge in [-0.05, 0) is 49.2 Å². The molecule has 2 amide bonds. The summed E-state index contributed by atoms with van der Waals surface area (Å²) in [6, 6.07) is 13.1. The third-order valence-corrected chi connectivity index (χ3v) is 8.50. The molecule has 0 radical (unpaired) electrons. The van der Waals surface area contributed by atoms with E-state index < -0.39 is 10.0 Å². The molecule has 0 bridgehead atoms. The number of hydrogen-bond acceptors (Lipinski definition) is 4. The second kappa shape index (κ2) is 10.2. The monoisotopic (exact) mass is 489 g/mol. The Morgan fingerprint density at radius 1 is 0.697 bits per heavy atom. The number of carbonyl (C=O) groups excluding carboxylic acids is 2. The molecule has 9 heteroatoms. The first kappa shape index (κ1) is 23.7. The van der Waals surface area contributed by atoms with Crippen LogP contribution in [0.5, 0.6) is 0 Å². The Labute approximate surface area is 200 Å². The summed E-state index contributed by atoms with van der Waals surface area (Å²) >= 11 is 6.14. The summed E-state index contributed by atoms with van der Waals surface area (Å²) in [6.45, 7) is 2.72. The van der Waals surface area contributed by atoms with E-state index in [2.05, 4.69) is 0 Å². The molecule has 0 aromatic heterocycles. The first-order valence-corrected chi connectivity index (χ1v) is 13.1. The summed E-state index contributed by atoms with van der Waals surface area (Å²) in [7, 11) is -3.55. The van der Waals surface area contributed by atoms with Crippen LogP contribution in [0.3, 0.4) is 0 Å². The van der Waals surface area contributed by atoms with Gasteiger partial charge in [-0.2, -0.15) is 4.31 Å². The lowest BCUT2D eigenvalue weighted by Crippen LogP contribution is -2.50. The van der Waals surface area contributed by atoms with Gasteiger partial charge >= 0.3 is 0 Å². The Bertz CT molecular complexity index is 1100. The van der Waals surface area contributed by atoms with Crippen LogP contribution < -0.4 is 0 Å². The Balaban J connectivity index is 1.38. The van der Waals surface area contributed by atoms with Gasteiger partial charge in [0.2, 0.25) is 10.0 Å². The molecule has 2 aromatic carbocycles. The van der Waals surface area contributed by atoms with Crippen LogP contribution in [0.2, 0.25) is 5.02 Å². The number of amides is 2. The highest BCUT2D eigenvalue weighted by molar-refractivity contribution is 7.89. The fraction of sp³-hybridized carbons (Fsp3) is 0.417. The van der Waals surface area contributed by atoms with Gasteiger partial charge in [-0.3, -0.25) is 9.59 Å². The molecule has 0 atom stereocenters. The maximum Gasteiger partial charge on any atom is 0.255 e. The highest BCUT2D eigenvalue weighted by atomic mass is 35.5. The van der Waals surface area contributed by atoms with E-state index in [-0.39, 0.29) is 16.7 Å². The van der Waals surface area contributed by atoms with Crippen molar-refractivity contribution < 1.29 is 18.0 Å². The van der Waals surface area contributed by atoms with Crippen molar-refractivity contribution in [2.24, 2.45) is 0 Å². The van der Waals surface area contributed by atoms with Crippen molar-refractivity contribution in [2.75, 3.05) is 39.3 Å². The molecule has 33 heavy (non-hydrogen) atoms. The molecule has 2 aliphatic heterocycles. The summed E-state index contributed by atoms with van der Waals surface area (Å²) in [6.07, 6.45) is 3.86. The molecule has 2 aromatic rings. The summed E-state index contributed by atoms with van der Waals surface area (Å²) in [5, 5.41) is 0.413. The van der Waals surface area contributed by atoms with Crippen molar-refractivity contribution in [1.82, 2.24) is 14.1 Å². The van der Waals surface area contributed by atoms with Crippen molar-refractivity contribution in [2.45, 2.75) is 30.6 Å². The van der Waals surface area contributed by atoms with E-state index in [1.807, 2.05) is 0 Å². The fourth-order valence-corrected chi connectivity index (χ4v) is 6.03. The van der Waals surface area contributed by atoms with E-state index in [0.717, 1.165) is 25.7 Å². The van der Waals surface area contributed by atoms with Gasteiger partial charge in [0, 0.05) is 44.8 Å². The number of benzene rings is 2. The topological polar surface area (TPSA) is 78.0 Å². The minimum absolute atomic E-state index is 0.143. The SMILES string of the molecule is O=C(c1ccc(S(=O)(=O)N2CCCCCC2)cc1)N1CCN(C(=O)c2ccccc2Cl)CC1. The molecule has 0 unspecified atom stereocenters. The molecule has 2 heterocycles. The zero-order valence-corrected chi connectivity index (χ0v) is 20.0. The molecular formula is C24H28ClN3O4S. The molecule has 0 aliphatic carbocycles. The molecule has 176 valence electrons. The van der Waals surface area contributed by atoms with Crippen LogP contribution in [-0.4, -0.2) is 73.6 Å². The van der Waals surface area contributed by atoms with Gasteiger partial charge in [-0.25, -0.2) is 8.42 Å². The van der Waals surface area contributed by atoms with E-state index in [0.29, 0.717) is 55.4 Å². The van der Waals surface area contributed by atoms with Crippen LogP contribution in [0.1, 0.15) is 46.4 Å². The first-order valence-electron chi connectivity index (χ1n) is 11.3. The number of rotatable bonds is 4. The highest BCUT2D eigenvalue weighted by Crippen LogP contribution is 2.22. The van der Waals surface area contributed by atoms with Gasteiger partial charge < -0.3 is 9.80 Å². The van der Waals surface area contributed by atoms with Crippen LogP contribution in [0.4, 0.5) is 0 Å². The number of piperazine rings is 1. The Morgan fingerprint density at radius 2 is 1.24 bits per heavy atom. The maximum atomic E-state index is 12.9. The fourth-order valence-electron chi connectivity index (χ4n) is 4.30. The maximum absolute atomic E-state index is 12.9. The van der Waals surface area contributed by atoms with Crippen LogP contribution in [0, 0.1) is 0 Å². The molecule has 0 saturated carbocycles. The second-order valence-electron chi connectivity index (χ2n) is 8.41. The molecule has 2 fully saturated rings. The van der Waals surface area contributed by atoms with E-state index in [9.17, 15) is 18.0 Å². The van der Waals surface area contributed by atoms with Crippen molar-refractivity contribution in [1.29, 1.82) is 0 Å². The van der Waals surface area contributed by atoms with Gasteiger partial charge in [0.25, 0.3) is 11.8 Å². The van der Waals surface area contributed by atoms with Gasteiger partial charge in [0.05, 0.1) is 15.5 Å².